The molecule has 0 spiro atoms. The molecule has 0 aliphatic heterocycles. The van der Waals surface area contributed by atoms with Gasteiger partial charge in [0, 0.05) is 23.3 Å². The molecule has 2 aromatic carbocycles. The maximum absolute atomic E-state index is 12.5. The van der Waals surface area contributed by atoms with Crippen molar-refractivity contribution < 1.29 is 9.53 Å². The van der Waals surface area contributed by atoms with E-state index >= 15 is 0 Å². The minimum absolute atomic E-state index is 0.0891. The number of benzene rings is 2. The molecule has 6 heteroatoms. The van der Waals surface area contributed by atoms with E-state index in [0.717, 1.165) is 11.1 Å². The summed E-state index contributed by atoms with van der Waals surface area (Å²) in [5, 5.41) is 6.44. The molecule has 0 bridgehead atoms. The number of pyridine rings is 1. The van der Waals surface area contributed by atoms with Gasteiger partial charge in [-0.05, 0) is 47.2 Å². The van der Waals surface area contributed by atoms with Crippen molar-refractivity contribution in [2.45, 2.75) is 39.0 Å². The lowest BCUT2D eigenvalue weighted by Crippen LogP contribution is -2.32. The van der Waals surface area contributed by atoms with Crippen molar-refractivity contribution in [3.05, 3.63) is 83.0 Å². The molecule has 31 heavy (non-hydrogen) atoms. The molecule has 0 aliphatic carbocycles. The summed E-state index contributed by atoms with van der Waals surface area (Å²) in [7, 11) is 0. The standard InChI is InChI=1S/C25H28ClN3O2/c1-17(18-11-13-19(26)14-12-18)16-28-24(30)29-21-9-7-15-27-23(21)31-22-10-6-5-8-20(22)25(2,3)4/h5-15,17H,16H2,1-4H3,(H2,28,29,30). The van der Waals surface area contributed by atoms with Crippen LogP contribution in [-0.2, 0) is 5.41 Å². The molecule has 1 heterocycles. The maximum atomic E-state index is 12.5. The zero-order valence-corrected chi connectivity index (χ0v) is 19.0. The molecule has 0 saturated heterocycles. The van der Waals surface area contributed by atoms with Crippen LogP contribution in [0.4, 0.5) is 10.5 Å². The average Bonchev–Trinajstić information content (AvgIpc) is 2.73. The Hall–Kier alpha value is -3.05. The van der Waals surface area contributed by atoms with Crippen molar-refractivity contribution in [2.75, 3.05) is 11.9 Å². The van der Waals surface area contributed by atoms with Gasteiger partial charge in [0.25, 0.3) is 0 Å². The number of hydrogen-bond acceptors (Lipinski definition) is 3. The van der Waals surface area contributed by atoms with Gasteiger partial charge in [-0.1, -0.05) is 69.6 Å². The number of anilines is 1. The molecule has 1 atom stereocenters. The Morgan fingerprint density at radius 2 is 1.77 bits per heavy atom. The van der Waals surface area contributed by atoms with E-state index < -0.39 is 0 Å². The summed E-state index contributed by atoms with van der Waals surface area (Å²) in [6, 6.07) is 18.7. The lowest BCUT2D eigenvalue weighted by molar-refractivity contribution is 0.251. The summed E-state index contributed by atoms with van der Waals surface area (Å²) in [5.74, 6) is 1.21. The van der Waals surface area contributed by atoms with Crippen LogP contribution in [0, 0.1) is 0 Å². The third kappa shape index (κ3) is 6.22. The third-order valence-corrected chi connectivity index (χ3v) is 5.18. The van der Waals surface area contributed by atoms with E-state index in [1.165, 1.54) is 0 Å². The molecule has 0 fully saturated rings. The summed E-state index contributed by atoms with van der Waals surface area (Å²) >= 11 is 5.94. The molecule has 0 radical (unpaired) electrons. The number of rotatable bonds is 6. The van der Waals surface area contributed by atoms with Crippen molar-refractivity contribution in [2.24, 2.45) is 0 Å². The number of urea groups is 1. The number of amides is 2. The van der Waals surface area contributed by atoms with Crippen LogP contribution in [0.1, 0.15) is 44.7 Å². The van der Waals surface area contributed by atoms with E-state index in [9.17, 15) is 4.79 Å². The molecule has 1 unspecified atom stereocenters. The highest BCUT2D eigenvalue weighted by atomic mass is 35.5. The van der Waals surface area contributed by atoms with Crippen LogP contribution >= 0.6 is 11.6 Å². The van der Waals surface area contributed by atoms with Gasteiger partial charge in [0.1, 0.15) is 11.4 Å². The van der Waals surface area contributed by atoms with Crippen LogP contribution in [0.2, 0.25) is 5.02 Å². The van der Waals surface area contributed by atoms with E-state index in [-0.39, 0.29) is 17.4 Å². The predicted octanol–water partition coefficient (Wildman–Crippen LogP) is 6.75. The molecular formula is C25H28ClN3O2. The number of aromatic nitrogens is 1. The maximum Gasteiger partial charge on any atom is 0.319 e. The van der Waals surface area contributed by atoms with Crippen molar-refractivity contribution in [1.82, 2.24) is 10.3 Å². The van der Waals surface area contributed by atoms with Crippen molar-refractivity contribution in [1.29, 1.82) is 0 Å². The molecule has 0 saturated carbocycles. The first-order valence-electron chi connectivity index (χ1n) is 10.3. The first-order valence-corrected chi connectivity index (χ1v) is 10.6. The van der Waals surface area contributed by atoms with Crippen LogP contribution < -0.4 is 15.4 Å². The molecule has 0 aliphatic rings. The number of nitrogens with one attached hydrogen (secondary N) is 2. The number of carbonyl (C=O) groups is 1. The second kappa shape index (κ2) is 9.84. The Kier molecular flexibility index (Phi) is 7.18. The molecule has 162 valence electrons. The number of carbonyl (C=O) groups excluding carboxylic acids is 1. The largest absolute Gasteiger partial charge is 0.437 e. The lowest BCUT2D eigenvalue weighted by atomic mass is 9.86. The first-order chi connectivity index (χ1) is 14.7. The van der Waals surface area contributed by atoms with Gasteiger partial charge in [-0.15, -0.1) is 0 Å². The Morgan fingerprint density at radius 1 is 1.06 bits per heavy atom. The Balaban J connectivity index is 1.67. The minimum atomic E-state index is -0.317. The van der Waals surface area contributed by atoms with E-state index in [4.69, 9.17) is 16.3 Å². The number of halogens is 1. The molecule has 5 nitrogen and oxygen atoms in total. The zero-order valence-electron chi connectivity index (χ0n) is 18.3. The normalized spacial score (nSPS) is 12.2. The van der Waals surface area contributed by atoms with Gasteiger partial charge < -0.3 is 15.4 Å². The van der Waals surface area contributed by atoms with Crippen molar-refractivity contribution in [3.8, 4) is 11.6 Å². The summed E-state index contributed by atoms with van der Waals surface area (Å²) in [6.45, 7) is 8.91. The smallest absolute Gasteiger partial charge is 0.319 e. The van der Waals surface area contributed by atoms with E-state index in [1.54, 1.807) is 18.3 Å². The quantitative estimate of drug-likeness (QED) is 0.448. The number of nitrogens with zero attached hydrogens (tertiary/aromatic N) is 1. The molecular weight excluding hydrogens is 410 g/mol. The summed E-state index contributed by atoms with van der Waals surface area (Å²) in [5.41, 5.74) is 2.58. The number of ether oxygens (including phenoxy) is 1. The van der Waals surface area contributed by atoms with Gasteiger partial charge >= 0.3 is 6.03 Å². The molecule has 3 aromatic rings. The van der Waals surface area contributed by atoms with E-state index in [1.807, 2.05) is 55.5 Å². The van der Waals surface area contributed by atoms with Gasteiger partial charge in [-0.25, -0.2) is 9.78 Å². The van der Waals surface area contributed by atoms with Gasteiger partial charge in [0.2, 0.25) is 5.88 Å². The fraction of sp³-hybridized carbons (Fsp3) is 0.280. The van der Waals surface area contributed by atoms with Crippen LogP contribution in [-0.4, -0.2) is 17.6 Å². The van der Waals surface area contributed by atoms with Crippen molar-refractivity contribution in [3.63, 3.8) is 0 Å². The fourth-order valence-corrected chi connectivity index (χ4v) is 3.29. The summed E-state index contributed by atoms with van der Waals surface area (Å²) in [4.78, 5) is 16.8. The summed E-state index contributed by atoms with van der Waals surface area (Å²) in [6.07, 6.45) is 1.64. The molecule has 2 N–H and O–H groups in total. The Morgan fingerprint density at radius 3 is 2.48 bits per heavy atom. The van der Waals surface area contributed by atoms with Crippen LogP contribution in [0.5, 0.6) is 11.6 Å². The Labute approximate surface area is 188 Å². The SMILES string of the molecule is CC(CNC(=O)Nc1cccnc1Oc1ccccc1C(C)(C)C)c1ccc(Cl)cc1. The molecule has 1 aromatic heterocycles. The molecule has 3 rings (SSSR count). The highest BCUT2D eigenvalue weighted by molar-refractivity contribution is 6.30. The third-order valence-electron chi connectivity index (χ3n) is 4.93. The first kappa shape index (κ1) is 22.6. The second-order valence-electron chi connectivity index (χ2n) is 8.49. The van der Waals surface area contributed by atoms with Gasteiger partial charge in [-0.3, -0.25) is 0 Å². The number of para-hydroxylation sites is 1. The number of hydrogen-bond donors (Lipinski definition) is 2. The lowest BCUT2D eigenvalue weighted by Gasteiger charge is -2.22. The highest BCUT2D eigenvalue weighted by Crippen LogP contribution is 2.35. The topological polar surface area (TPSA) is 63.2 Å². The van der Waals surface area contributed by atoms with E-state index in [2.05, 4.69) is 36.4 Å². The highest BCUT2D eigenvalue weighted by Gasteiger charge is 2.20. The fourth-order valence-electron chi connectivity index (χ4n) is 3.17. The monoisotopic (exact) mass is 437 g/mol. The van der Waals surface area contributed by atoms with Crippen LogP contribution in [0.3, 0.4) is 0 Å². The second-order valence-corrected chi connectivity index (χ2v) is 8.93. The Bertz CT molecular complexity index is 1030. The minimum Gasteiger partial charge on any atom is -0.437 e. The van der Waals surface area contributed by atoms with E-state index in [0.29, 0.717) is 28.9 Å². The molecule has 2 amide bonds. The van der Waals surface area contributed by atoms with Gasteiger partial charge in [0.05, 0.1) is 0 Å². The zero-order chi connectivity index (χ0) is 22.4. The van der Waals surface area contributed by atoms with Gasteiger partial charge in [0.15, 0.2) is 0 Å². The average molecular weight is 438 g/mol. The van der Waals surface area contributed by atoms with Gasteiger partial charge in [-0.2, -0.15) is 0 Å². The van der Waals surface area contributed by atoms with Crippen LogP contribution in [0.15, 0.2) is 66.9 Å². The predicted molar refractivity (Wildman–Crippen MR) is 126 cm³/mol. The summed E-state index contributed by atoms with van der Waals surface area (Å²) < 4.78 is 6.11. The van der Waals surface area contributed by atoms with Crippen molar-refractivity contribution >= 4 is 23.3 Å². The van der Waals surface area contributed by atoms with Crippen LogP contribution in [0.25, 0.3) is 0 Å².